The normalized spacial score (nSPS) is 25.9. The molecular weight excluding hydrogens is 238 g/mol. The fourth-order valence-corrected chi connectivity index (χ4v) is 3.45. The lowest BCUT2D eigenvalue weighted by molar-refractivity contribution is -0.0197. The summed E-state index contributed by atoms with van der Waals surface area (Å²) in [6.07, 6.45) is 4.43. The van der Waals surface area contributed by atoms with Gasteiger partial charge in [-0.3, -0.25) is 0 Å². The van der Waals surface area contributed by atoms with Gasteiger partial charge in [0.1, 0.15) is 5.82 Å². The third kappa shape index (κ3) is 2.95. The van der Waals surface area contributed by atoms with Crippen LogP contribution >= 0.6 is 0 Å². The number of ether oxygens (including phenoxy) is 1. The summed E-state index contributed by atoms with van der Waals surface area (Å²) >= 11 is 0. The van der Waals surface area contributed by atoms with E-state index in [1.54, 1.807) is 0 Å². The molecule has 0 aliphatic carbocycles. The zero-order chi connectivity index (χ0) is 13.3. The second-order valence-electron chi connectivity index (χ2n) is 6.09. The van der Waals surface area contributed by atoms with Crippen molar-refractivity contribution in [3.63, 3.8) is 0 Å². The lowest BCUT2D eigenvalue weighted by Gasteiger charge is -2.33. The summed E-state index contributed by atoms with van der Waals surface area (Å²) in [5.74, 6) is 1.57. The molecule has 1 aromatic rings. The molecule has 2 fully saturated rings. The van der Waals surface area contributed by atoms with Crippen LogP contribution in [0.15, 0.2) is 6.07 Å². The zero-order valence-corrected chi connectivity index (χ0v) is 11.9. The van der Waals surface area contributed by atoms with Crippen LogP contribution in [0.4, 0.5) is 0 Å². The number of hydrogen-bond acceptors (Lipinski definition) is 4. The molecule has 4 heteroatoms. The van der Waals surface area contributed by atoms with Gasteiger partial charge in [-0.05, 0) is 58.2 Å². The fraction of sp³-hybridized carbons (Fsp3) is 0.733. The van der Waals surface area contributed by atoms with Gasteiger partial charge in [0.25, 0.3) is 0 Å². The Morgan fingerprint density at radius 1 is 1.26 bits per heavy atom. The Balaban J connectivity index is 1.65. The van der Waals surface area contributed by atoms with Gasteiger partial charge >= 0.3 is 0 Å². The van der Waals surface area contributed by atoms with E-state index in [-0.39, 0.29) is 5.60 Å². The highest BCUT2D eigenvalue weighted by Gasteiger charge is 2.41. The van der Waals surface area contributed by atoms with Gasteiger partial charge in [0.2, 0.25) is 0 Å². The van der Waals surface area contributed by atoms with Gasteiger partial charge in [0, 0.05) is 17.8 Å². The average Bonchev–Trinajstić information content (AvgIpc) is 2.71. The van der Waals surface area contributed by atoms with E-state index in [2.05, 4.69) is 15.3 Å². The quantitative estimate of drug-likeness (QED) is 0.882. The second-order valence-corrected chi connectivity index (χ2v) is 6.09. The highest BCUT2D eigenvalue weighted by molar-refractivity contribution is 5.09. The van der Waals surface area contributed by atoms with Crippen molar-refractivity contribution in [2.45, 2.75) is 45.1 Å². The SMILES string of the molecule is Cc1cc(C)nc(CC2COC3(CCNCC3)C2)n1. The van der Waals surface area contributed by atoms with Crippen molar-refractivity contribution in [2.24, 2.45) is 5.92 Å². The Morgan fingerprint density at radius 2 is 1.95 bits per heavy atom. The van der Waals surface area contributed by atoms with Crippen molar-refractivity contribution < 1.29 is 4.74 Å². The maximum Gasteiger partial charge on any atom is 0.129 e. The fourth-order valence-electron chi connectivity index (χ4n) is 3.45. The van der Waals surface area contributed by atoms with Crippen molar-refractivity contribution in [3.05, 3.63) is 23.3 Å². The maximum absolute atomic E-state index is 6.13. The molecule has 1 aromatic heterocycles. The number of aryl methyl sites for hydroxylation is 2. The molecule has 4 nitrogen and oxygen atoms in total. The molecule has 1 spiro atoms. The largest absolute Gasteiger partial charge is 0.375 e. The zero-order valence-electron chi connectivity index (χ0n) is 11.9. The van der Waals surface area contributed by atoms with Crippen LogP contribution in [0.5, 0.6) is 0 Å². The van der Waals surface area contributed by atoms with E-state index in [0.717, 1.165) is 56.2 Å². The monoisotopic (exact) mass is 261 g/mol. The molecule has 3 heterocycles. The molecule has 0 saturated carbocycles. The Kier molecular flexibility index (Phi) is 3.54. The molecule has 0 aromatic carbocycles. The van der Waals surface area contributed by atoms with Crippen LogP contribution in [0, 0.1) is 19.8 Å². The van der Waals surface area contributed by atoms with Crippen molar-refractivity contribution in [1.29, 1.82) is 0 Å². The van der Waals surface area contributed by atoms with Crippen LogP contribution in [-0.2, 0) is 11.2 Å². The first-order chi connectivity index (χ1) is 9.15. The Morgan fingerprint density at radius 3 is 2.63 bits per heavy atom. The third-order valence-corrected chi connectivity index (χ3v) is 4.30. The van der Waals surface area contributed by atoms with Crippen LogP contribution < -0.4 is 5.32 Å². The molecule has 1 unspecified atom stereocenters. The molecule has 0 amide bonds. The van der Waals surface area contributed by atoms with E-state index in [0.29, 0.717) is 5.92 Å². The lowest BCUT2D eigenvalue weighted by Crippen LogP contribution is -2.41. The molecule has 2 aliphatic rings. The van der Waals surface area contributed by atoms with Crippen LogP contribution in [0.25, 0.3) is 0 Å². The van der Waals surface area contributed by atoms with Gasteiger partial charge in [-0.25, -0.2) is 9.97 Å². The molecule has 1 atom stereocenters. The van der Waals surface area contributed by atoms with Crippen LogP contribution in [0.1, 0.15) is 36.5 Å². The number of nitrogens with one attached hydrogen (secondary N) is 1. The Labute approximate surface area is 115 Å². The van der Waals surface area contributed by atoms with Gasteiger partial charge < -0.3 is 10.1 Å². The molecular formula is C15H23N3O. The first kappa shape index (κ1) is 13.0. The summed E-state index contributed by atoms with van der Waals surface area (Å²) < 4.78 is 6.13. The van der Waals surface area contributed by atoms with E-state index in [9.17, 15) is 0 Å². The Bertz CT molecular complexity index is 434. The van der Waals surface area contributed by atoms with E-state index in [1.807, 2.05) is 19.9 Å². The van der Waals surface area contributed by atoms with Crippen LogP contribution in [0.3, 0.4) is 0 Å². The van der Waals surface area contributed by atoms with Crippen LogP contribution in [0.2, 0.25) is 0 Å². The molecule has 19 heavy (non-hydrogen) atoms. The van der Waals surface area contributed by atoms with Crippen molar-refractivity contribution in [1.82, 2.24) is 15.3 Å². The topological polar surface area (TPSA) is 47.0 Å². The van der Waals surface area contributed by atoms with Crippen molar-refractivity contribution in [3.8, 4) is 0 Å². The molecule has 0 bridgehead atoms. The summed E-state index contributed by atoms with van der Waals surface area (Å²) in [4.78, 5) is 9.10. The third-order valence-electron chi connectivity index (χ3n) is 4.30. The minimum Gasteiger partial charge on any atom is -0.375 e. The summed E-state index contributed by atoms with van der Waals surface area (Å²) in [5, 5.41) is 3.41. The smallest absolute Gasteiger partial charge is 0.129 e. The van der Waals surface area contributed by atoms with E-state index >= 15 is 0 Å². The Hall–Kier alpha value is -1.00. The van der Waals surface area contributed by atoms with E-state index < -0.39 is 0 Å². The van der Waals surface area contributed by atoms with E-state index in [4.69, 9.17) is 4.74 Å². The number of aromatic nitrogens is 2. The van der Waals surface area contributed by atoms with Crippen LogP contribution in [-0.4, -0.2) is 35.3 Å². The first-order valence-corrected chi connectivity index (χ1v) is 7.31. The standard InChI is InChI=1S/C15H23N3O/c1-11-7-12(2)18-14(17-11)8-13-9-15(19-10-13)3-5-16-6-4-15/h7,13,16H,3-6,8-10H2,1-2H3. The summed E-state index contributed by atoms with van der Waals surface area (Å²) in [6, 6.07) is 2.03. The first-order valence-electron chi connectivity index (χ1n) is 7.31. The van der Waals surface area contributed by atoms with Gasteiger partial charge in [-0.2, -0.15) is 0 Å². The van der Waals surface area contributed by atoms with Gasteiger partial charge in [0.05, 0.1) is 12.2 Å². The molecule has 3 rings (SSSR count). The summed E-state index contributed by atoms with van der Waals surface area (Å²) in [5.41, 5.74) is 2.28. The molecule has 0 radical (unpaired) electrons. The average molecular weight is 261 g/mol. The lowest BCUT2D eigenvalue weighted by atomic mass is 9.85. The highest BCUT2D eigenvalue weighted by atomic mass is 16.5. The molecule has 2 saturated heterocycles. The number of rotatable bonds is 2. The predicted molar refractivity (Wildman–Crippen MR) is 74.1 cm³/mol. The number of hydrogen-bond donors (Lipinski definition) is 1. The van der Waals surface area contributed by atoms with Crippen molar-refractivity contribution in [2.75, 3.05) is 19.7 Å². The predicted octanol–water partition coefficient (Wildman–Crippen LogP) is 1.79. The van der Waals surface area contributed by atoms with Crippen molar-refractivity contribution >= 4 is 0 Å². The minimum absolute atomic E-state index is 0.148. The second kappa shape index (κ2) is 5.17. The van der Waals surface area contributed by atoms with Gasteiger partial charge in [0.15, 0.2) is 0 Å². The molecule has 104 valence electrons. The van der Waals surface area contributed by atoms with Gasteiger partial charge in [-0.15, -0.1) is 0 Å². The minimum atomic E-state index is 0.148. The summed E-state index contributed by atoms with van der Waals surface area (Å²) in [7, 11) is 0. The molecule has 2 aliphatic heterocycles. The van der Waals surface area contributed by atoms with E-state index in [1.165, 1.54) is 6.42 Å². The number of piperidine rings is 1. The maximum atomic E-state index is 6.13. The number of nitrogens with zero attached hydrogens (tertiary/aromatic N) is 2. The summed E-state index contributed by atoms with van der Waals surface area (Å²) in [6.45, 7) is 7.13. The highest BCUT2D eigenvalue weighted by Crippen LogP contribution is 2.37. The molecule has 1 N–H and O–H groups in total. The van der Waals surface area contributed by atoms with Gasteiger partial charge in [-0.1, -0.05) is 0 Å².